The first-order valence-corrected chi connectivity index (χ1v) is 7.71. The molecule has 0 heterocycles. The zero-order chi connectivity index (χ0) is 17.5. The van der Waals surface area contributed by atoms with Gasteiger partial charge in [-0.1, -0.05) is 42.5 Å². The molecule has 0 spiro atoms. The molecule has 0 aliphatic carbocycles. The van der Waals surface area contributed by atoms with Crippen molar-refractivity contribution in [2.75, 3.05) is 13.7 Å². The standard InChI is InChI=1S/C19H21NO4/c1-14(16-6-4-3-5-7-16)19(23)20(2)12-15-8-10-17(11-9-15)24-13-18(21)22/h3-11,14H,12-13H2,1-2H3,(H,21,22). The minimum Gasteiger partial charge on any atom is -0.482 e. The molecule has 0 bridgehead atoms. The van der Waals surface area contributed by atoms with Gasteiger partial charge >= 0.3 is 5.97 Å². The minimum absolute atomic E-state index is 0.0485. The van der Waals surface area contributed by atoms with Crippen molar-refractivity contribution in [3.63, 3.8) is 0 Å². The summed E-state index contributed by atoms with van der Waals surface area (Å²) in [5, 5.41) is 8.59. The van der Waals surface area contributed by atoms with E-state index in [0.29, 0.717) is 12.3 Å². The molecule has 0 radical (unpaired) electrons. The number of carbonyl (C=O) groups excluding carboxylic acids is 1. The van der Waals surface area contributed by atoms with Crippen LogP contribution in [0.3, 0.4) is 0 Å². The summed E-state index contributed by atoms with van der Waals surface area (Å²) in [5.41, 5.74) is 1.94. The van der Waals surface area contributed by atoms with Crippen LogP contribution in [0.4, 0.5) is 0 Å². The molecule has 24 heavy (non-hydrogen) atoms. The molecule has 0 fully saturated rings. The van der Waals surface area contributed by atoms with E-state index in [1.165, 1.54) is 0 Å². The van der Waals surface area contributed by atoms with E-state index in [1.807, 2.05) is 49.4 Å². The normalized spacial score (nSPS) is 11.6. The average molecular weight is 327 g/mol. The van der Waals surface area contributed by atoms with E-state index >= 15 is 0 Å². The Kier molecular flexibility index (Phi) is 5.95. The first kappa shape index (κ1) is 17.5. The Labute approximate surface area is 141 Å². The molecule has 0 saturated heterocycles. The summed E-state index contributed by atoms with van der Waals surface area (Å²) in [6.07, 6.45) is 0. The number of carbonyl (C=O) groups is 2. The van der Waals surface area contributed by atoms with Crippen molar-refractivity contribution in [3.8, 4) is 5.75 Å². The molecule has 5 heteroatoms. The van der Waals surface area contributed by atoms with Gasteiger partial charge in [-0.25, -0.2) is 4.79 Å². The number of aliphatic carboxylic acids is 1. The van der Waals surface area contributed by atoms with Gasteiger partial charge in [0.05, 0.1) is 5.92 Å². The molecule has 1 atom stereocenters. The highest BCUT2D eigenvalue weighted by Gasteiger charge is 2.19. The quantitative estimate of drug-likeness (QED) is 0.849. The Hall–Kier alpha value is -2.82. The maximum atomic E-state index is 12.5. The van der Waals surface area contributed by atoms with Gasteiger partial charge in [0.1, 0.15) is 5.75 Å². The highest BCUT2D eigenvalue weighted by molar-refractivity contribution is 5.83. The second kappa shape index (κ2) is 8.15. The van der Waals surface area contributed by atoms with Crippen LogP contribution in [0.5, 0.6) is 5.75 Å². The summed E-state index contributed by atoms with van der Waals surface area (Å²) in [5.74, 6) is -0.672. The number of hydrogen-bond acceptors (Lipinski definition) is 3. The van der Waals surface area contributed by atoms with E-state index in [1.54, 1.807) is 24.1 Å². The fourth-order valence-corrected chi connectivity index (χ4v) is 2.40. The number of carboxylic acids is 1. The van der Waals surface area contributed by atoms with Crippen LogP contribution in [-0.2, 0) is 16.1 Å². The van der Waals surface area contributed by atoms with Gasteiger partial charge < -0.3 is 14.7 Å². The third kappa shape index (κ3) is 4.84. The second-order valence-electron chi connectivity index (χ2n) is 5.65. The van der Waals surface area contributed by atoms with E-state index in [0.717, 1.165) is 11.1 Å². The number of carboxylic acid groups (broad SMARTS) is 1. The monoisotopic (exact) mass is 327 g/mol. The molecular weight excluding hydrogens is 306 g/mol. The number of ether oxygens (including phenoxy) is 1. The zero-order valence-electron chi connectivity index (χ0n) is 13.8. The van der Waals surface area contributed by atoms with Gasteiger partial charge in [-0.05, 0) is 30.2 Å². The molecule has 0 aliphatic heterocycles. The van der Waals surface area contributed by atoms with Crippen molar-refractivity contribution >= 4 is 11.9 Å². The fourth-order valence-electron chi connectivity index (χ4n) is 2.40. The molecule has 1 amide bonds. The SMILES string of the molecule is CC(C(=O)N(C)Cc1ccc(OCC(=O)O)cc1)c1ccccc1. The maximum Gasteiger partial charge on any atom is 0.341 e. The Morgan fingerprint density at radius 1 is 1.08 bits per heavy atom. The average Bonchev–Trinajstić information content (AvgIpc) is 2.60. The molecule has 0 aromatic heterocycles. The van der Waals surface area contributed by atoms with Crippen LogP contribution in [0, 0.1) is 0 Å². The number of nitrogens with zero attached hydrogens (tertiary/aromatic N) is 1. The lowest BCUT2D eigenvalue weighted by molar-refractivity contribution is -0.139. The molecule has 126 valence electrons. The van der Waals surface area contributed by atoms with E-state index < -0.39 is 5.97 Å². The largest absolute Gasteiger partial charge is 0.482 e. The lowest BCUT2D eigenvalue weighted by atomic mass is 10.00. The number of rotatable bonds is 7. The summed E-state index contributed by atoms with van der Waals surface area (Å²) in [6.45, 7) is 2.01. The highest BCUT2D eigenvalue weighted by atomic mass is 16.5. The van der Waals surface area contributed by atoms with Gasteiger partial charge in [0.25, 0.3) is 0 Å². The molecule has 0 aliphatic rings. The van der Waals surface area contributed by atoms with E-state index in [-0.39, 0.29) is 18.4 Å². The maximum absolute atomic E-state index is 12.5. The molecule has 2 aromatic carbocycles. The predicted octanol–water partition coefficient (Wildman–Crippen LogP) is 2.91. The molecular formula is C19H21NO4. The first-order valence-electron chi connectivity index (χ1n) is 7.71. The zero-order valence-corrected chi connectivity index (χ0v) is 13.8. The lowest BCUT2D eigenvalue weighted by Gasteiger charge is -2.22. The van der Waals surface area contributed by atoms with Gasteiger partial charge in [0, 0.05) is 13.6 Å². The van der Waals surface area contributed by atoms with Crippen molar-refractivity contribution in [3.05, 3.63) is 65.7 Å². The summed E-state index contributed by atoms with van der Waals surface area (Å²) >= 11 is 0. The molecule has 2 aromatic rings. The van der Waals surface area contributed by atoms with Gasteiger partial charge in [0.2, 0.25) is 5.91 Å². The Morgan fingerprint density at radius 2 is 1.71 bits per heavy atom. The molecule has 2 rings (SSSR count). The Balaban J connectivity index is 1.95. The number of likely N-dealkylation sites (N-methyl/N-ethyl adjacent to an activating group) is 1. The summed E-state index contributed by atoms with van der Waals surface area (Å²) in [4.78, 5) is 24.7. The predicted molar refractivity (Wildman–Crippen MR) is 90.9 cm³/mol. The lowest BCUT2D eigenvalue weighted by Crippen LogP contribution is -2.30. The van der Waals surface area contributed by atoms with Crippen LogP contribution in [0.2, 0.25) is 0 Å². The number of benzene rings is 2. The van der Waals surface area contributed by atoms with Crippen LogP contribution in [0.25, 0.3) is 0 Å². The van der Waals surface area contributed by atoms with Gasteiger partial charge in [-0.15, -0.1) is 0 Å². The highest BCUT2D eigenvalue weighted by Crippen LogP contribution is 2.19. The van der Waals surface area contributed by atoms with Gasteiger partial charge in [-0.3, -0.25) is 4.79 Å². The smallest absolute Gasteiger partial charge is 0.341 e. The van der Waals surface area contributed by atoms with E-state index in [4.69, 9.17) is 9.84 Å². The van der Waals surface area contributed by atoms with Crippen molar-refractivity contribution in [2.24, 2.45) is 0 Å². The third-order valence-electron chi connectivity index (χ3n) is 3.75. The van der Waals surface area contributed by atoms with Crippen molar-refractivity contribution in [1.82, 2.24) is 4.90 Å². The fraction of sp³-hybridized carbons (Fsp3) is 0.263. The summed E-state index contributed by atoms with van der Waals surface area (Å²) < 4.78 is 5.09. The van der Waals surface area contributed by atoms with Crippen LogP contribution in [-0.4, -0.2) is 35.5 Å². The van der Waals surface area contributed by atoms with Crippen molar-refractivity contribution < 1.29 is 19.4 Å². The Morgan fingerprint density at radius 3 is 2.29 bits per heavy atom. The van der Waals surface area contributed by atoms with Crippen molar-refractivity contribution in [2.45, 2.75) is 19.4 Å². The van der Waals surface area contributed by atoms with Crippen LogP contribution in [0.15, 0.2) is 54.6 Å². The van der Waals surface area contributed by atoms with Gasteiger partial charge in [-0.2, -0.15) is 0 Å². The molecule has 1 unspecified atom stereocenters. The number of amides is 1. The summed E-state index contributed by atoms with van der Waals surface area (Å²) in [7, 11) is 1.77. The minimum atomic E-state index is -1.01. The Bertz CT molecular complexity index is 682. The first-order chi connectivity index (χ1) is 11.5. The van der Waals surface area contributed by atoms with Crippen LogP contribution >= 0.6 is 0 Å². The van der Waals surface area contributed by atoms with E-state index in [2.05, 4.69) is 0 Å². The van der Waals surface area contributed by atoms with Crippen LogP contribution in [0.1, 0.15) is 24.0 Å². The topological polar surface area (TPSA) is 66.8 Å². The third-order valence-corrected chi connectivity index (χ3v) is 3.75. The van der Waals surface area contributed by atoms with Crippen LogP contribution < -0.4 is 4.74 Å². The summed E-state index contributed by atoms with van der Waals surface area (Å²) in [6, 6.07) is 16.7. The molecule has 0 saturated carbocycles. The van der Waals surface area contributed by atoms with E-state index in [9.17, 15) is 9.59 Å². The van der Waals surface area contributed by atoms with Gasteiger partial charge in [0.15, 0.2) is 6.61 Å². The number of hydrogen-bond donors (Lipinski definition) is 1. The second-order valence-corrected chi connectivity index (χ2v) is 5.65. The molecule has 5 nitrogen and oxygen atoms in total. The molecule has 1 N–H and O–H groups in total. The van der Waals surface area contributed by atoms with Crippen molar-refractivity contribution in [1.29, 1.82) is 0 Å².